The molecule has 82 valence electrons. The van der Waals surface area contributed by atoms with Crippen LogP contribution in [-0.4, -0.2) is 20.6 Å². The van der Waals surface area contributed by atoms with E-state index in [0.29, 0.717) is 0 Å². The van der Waals surface area contributed by atoms with Crippen LogP contribution in [0.25, 0.3) is 0 Å². The topological polar surface area (TPSA) is 92.2 Å². The van der Waals surface area contributed by atoms with Crippen molar-refractivity contribution >= 4 is 17.6 Å². The van der Waals surface area contributed by atoms with Gasteiger partial charge in [-0.05, 0) is 13.8 Å². The zero-order valence-corrected chi connectivity index (χ0v) is 8.83. The minimum Gasteiger partial charge on any atom is -0.477 e. The van der Waals surface area contributed by atoms with Gasteiger partial charge in [-0.2, -0.15) is 0 Å². The van der Waals surface area contributed by atoms with Crippen molar-refractivity contribution < 1.29 is 9.90 Å². The van der Waals surface area contributed by atoms with Gasteiger partial charge in [0.1, 0.15) is 5.02 Å². The van der Waals surface area contributed by atoms with Gasteiger partial charge in [-0.15, -0.1) is 0 Å². The van der Waals surface area contributed by atoms with E-state index in [2.05, 4.69) is 0 Å². The van der Waals surface area contributed by atoms with E-state index < -0.39 is 34.0 Å². The molecule has 0 atom stereocenters. The fourth-order valence-electron chi connectivity index (χ4n) is 1.22. The average molecular weight is 233 g/mol. The number of hydrogen-bond acceptors (Lipinski definition) is 3. The first-order valence-corrected chi connectivity index (χ1v) is 4.51. The van der Waals surface area contributed by atoms with Gasteiger partial charge in [-0.1, -0.05) is 11.6 Å². The Morgan fingerprint density at radius 1 is 1.47 bits per heavy atom. The molecule has 15 heavy (non-hydrogen) atoms. The molecule has 0 aromatic carbocycles. The van der Waals surface area contributed by atoms with Crippen LogP contribution in [0.1, 0.15) is 30.4 Å². The number of nitrogens with one attached hydrogen (secondary N) is 1. The van der Waals surface area contributed by atoms with Gasteiger partial charge in [0.25, 0.3) is 5.56 Å². The summed E-state index contributed by atoms with van der Waals surface area (Å²) in [7, 11) is 0. The highest BCUT2D eigenvalue weighted by molar-refractivity contribution is 6.33. The normalized spacial score (nSPS) is 10.7. The third kappa shape index (κ3) is 1.94. The first-order chi connectivity index (χ1) is 6.86. The molecule has 6 nitrogen and oxygen atoms in total. The molecule has 0 amide bonds. The van der Waals surface area contributed by atoms with Crippen molar-refractivity contribution in [3.05, 3.63) is 31.6 Å². The smallest absolute Gasteiger partial charge is 0.354 e. The molecule has 0 aliphatic rings. The van der Waals surface area contributed by atoms with Gasteiger partial charge in [0, 0.05) is 6.04 Å². The largest absolute Gasteiger partial charge is 0.477 e. The molecule has 1 aromatic heterocycles. The van der Waals surface area contributed by atoms with Crippen molar-refractivity contribution in [3.8, 4) is 0 Å². The molecule has 0 aliphatic heterocycles. The highest BCUT2D eigenvalue weighted by Gasteiger charge is 2.20. The van der Waals surface area contributed by atoms with Crippen LogP contribution < -0.4 is 11.2 Å². The second-order valence-electron chi connectivity index (χ2n) is 3.19. The quantitative estimate of drug-likeness (QED) is 0.775. The Kier molecular flexibility index (Phi) is 2.99. The first kappa shape index (κ1) is 11.5. The van der Waals surface area contributed by atoms with Crippen LogP contribution in [0.2, 0.25) is 5.02 Å². The van der Waals surface area contributed by atoms with Crippen LogP contribution in [0.5, 0.6) is 0 Å². The zero-order valence-electron chi connectivity index (χ0n) is 8.07. The molecular weight excluding hydrogens is 224 g/mol. The van der Waals surface area contributed by atoms with Gasteiger partial charge < -0.3 is 5.11 Å². The molecule has 0 bridgehead atoms. The van der Waals surface area contributed by atoms with Gasteiger partial charge >= 0.3 is 11.7 Å². The molecule has 0 saturated heterocycles. The molecule has 0 aliphatic carbocycles. The van der Waals surface area contributed by atoms with Crippen LogP contribution in [0, 0.1) is 0 Å². The monoisotopic (exact) mass is 232 g/mol. The molecule has 2 N–H and O–H groups in total. The standard InChI is InChI=1S/C8H9ClN2O4/c1-3(2)11-5(7(13)14)4(9)6(12)10-8(11)15/h3H,1-2H3,(H,13,14)(H,10,12,15). The van der Waals surface area contributed by atoms with Gasteiger partial charge in [-0.25, -0.2) is 9.59 Å². The fourth-order valence-corrected chi connectivity index (χ4v) is 1.44. The molecule has 0 fully saturated rings. The maximum absolute atomic E-state index is 11.3. The molecule has 7 heteroatoms. The fraction of sp³-hybridized carbons (Fsp3) is 0.375. The second kappa shape index (κ2) is 3.90. The zero-order chi connectivity index (χ0) is 11.7. The number of carboxylic acid groups (broad SMARTS) is 1. The SMILES string of the molecule is CC(C)n1c(C(=O)O)c(Cl)c(=O)[nH]c1=O. The number of aromatic carboxylic acids is 1. The van der Waals surface area contributed by atoms with Crippen molar-refractivity contribution in [2.75, 3.05) is 0 Å². The Bertz CT molecular complexity index is 514. The van der Waals surface area contributed by atoms with E-state index >= 15 is 0 Å². The number of rotatable bonds is 2. The van der Waals surface area contributed by atoms with Crippen LogP contribution in [0.3, 0.4) is 0 Å². The van der Waals surface area contributed by atoms with Gasteiger partial charge in [0.15, 0.2) is 5.69 Å². The summed E-state index contributed by atoms with van der Waals surface area (Å²) >= 11 is 5.53. The third-order valence-corrected chi connectivity index (χ3v) is 2.16. The average Bonchev–Trinajstić information content (AvgIpc) is 2.09. The summed E-state index contributed by atoms with van der Waals surface area (Å²) in [6, 6.07) is -0.405. The van der Waals surface area contributed by atoms with Crippen molar-refractivity contribution in [1.29, 1.82) is 0 Å². The Balaban J connectivity index is 3.78. The molecule has 0 saturated carbocycles. The predicted molar refractivity (Wildman–Crippen MR) is 53.7 cm³/mol. The van der Waals surface area contributed by atoms with E-state index in [4.69, 9.17) is 16.7 Å². The van der Waals surface area contributed by atoms with Gasteiger partial charge in [-0.3, -0.25) is 14.3 Å². The molecule has 0 unspecified atom stereocenters. The van der Waals surface area contributed by atoms with E-state index in [0.717, 1.165) is 4.57 Å². The van der Waals surface area contributed by atoms with Crippen LogP contribution >= 0.6 is 11.6 Å². The molecule has 1 aromatic rings. The van der Waals surface area contributed by atoms with Crippen molar-refractivity contribution in [1.82, 2.24) is 9.55 Å². The minimum absolute atomic E-state index is 0.405. The number of aromatic nitrogens is 2. The van der Waals surface area contributed by atoms with Crippen LogP contribution in [0.4, 0.5) is 0 Å². The van der Waals surface area contributed by atoms with Gasteiger partial charge in [0.2, 0.25) is 0 Å². The summed E-state index contributed by atoms with van der Waals surface area (Å²) in [5.41, 5.74) is -2.16. The number of H-pyrrole nitrogens is 1. The number of carboxylic acids is 1. The third-order valence-electron chi connectivity index (χ3n) is 1.81. The summed E-state index contributed by atoms with van der Waals surface area (Å²) in [5, 5.41) is 8.36. The van der Waals surface area contributed by atoms with Gasteiger partial charge in [0.05, 0.1) is 0 Å². The van der Waals surface area contributed by atoms with Crippen LogP contribution in [0.15, 0.2) is 9.59 Å². The van der Waals surface area contributed by atoms with Crippen LogP contribution in [-0.2, 0) is 0 Å². The highest BCUT2D eigenvalue weighted by atomic mass is 35.5. The molecule has 0 spiro atoms. The summed E-state index contributed by atoms with van der Waals surface area (Å²) in [4.78, 5) is 35.2. The lowest BCUT2D eigenvalue weighted by molar-refractivity contribution is 0.0681. The molecule has 0 radical (unpaired) electrons. The Morgan fingerprint density at radius 2 is 2.00 bits per heavy atom. The lowest BCUT2D eigenvalue weighted by Gasteiger charge is -2.13. The summed E-state index contributed by atoms with van der Waals surface area (Å²) in [6.45, 7) is 3.23. The number of hydrogen-bond donors (Lipinski definition) is 2. The molecule has 1 rings (SSSR count). The summed E-state index contributed by atoms with van der Waals surface area (Å²) < 4.78 is 0.923. The van der Waals surface area contributed by atoms with E-state index in [-0.39, 0.29) is 0 Å². The number of carbonyl (C=O) groups is 1. The number of halogens is 1. The molecule has 1 heterocycles. The first-order valence-electron chi connectivity index (χ1n) is 4.14. The van der Waals surface area contributed by atoms with E-state index in [1.165, 1.54) is 0 Å². The summed E-state index contributed by atoms with van der Waals surface area (Å²) in [5.74, 6) is -1.41. The Labute approximate surface area is 89.1 Å². The number of aromatic amines is 1. The Morgan fingerprint density at radius 3 is 2.40 bits per heavy atom. The Hall–Kier alpha value is -1.56. The molecular formula is C8H9ClN2O4. The maximum Gasteiger partial charge on any atom is 0.354 e. The lowest BCUT2D eigenvalue weighted by atomic mass is 10.3. The lowest BCUT2D eigenvalue weighted by Crippen LogP contribution is -2.36. The van der Waals surface area contributed by atoms with E-state index in [1.54, 1.807) is 13.8 Å². The van der Waals surface area contributed by atoms with Crippen molar-refractivity contribution in [3.63, 3.8) is 0 Å². The van der Waals surface area contributed by atoms with Crippen molar-refractivity contribution in [2.45, 2.75) is 19.9 Å². The number of nitrogens with zero attached hydrogens (tertiary/aromatic N) is 1. The van der Waals surface area contributed by atoms with Crippen molar-refractivity contribution in [2.24, 2.45) is 0 Å². The maximum atomic E-state index is 11.3. The highest BCUT2D eigenvalue weighted by Crippen LogP contribution is 2.12. The summed E-state index contributed by atoms with van der Waals surface area (Å²) in [6.07, 6.45) is 0. The van der Waals surface area contributed by atoms with E-state index in [9.17, 15) is 14.4 Å². The minimum atomic E-state index is -1.41. The second-order valence-corrected chi connectivity index (χ2v) is 3.57. The van der Waals surface area contributed by atoms with E-state index in [1.807, 2.05) is 4.98 Å². The predicted octanol–water partition coefficient (Wildman–Crippen LogP) is 0.469.